The monoisotopic (exact) mass is 220 g/mol. The molecule has 0 radical (unpaired) electrons. The molecule has 0 spiro atoms. The highest BCUT2D eigenvalue weighted by atomic mass is 16.3. The number of hydrogen-bond acceptors (Lipinski definition) is 3. The molecule has 86 valence electrons. The number of allylic oxidation sites excluding steroid dienone is 7. The van der Waals surface area contributed by atoms with Crippen LogP contribution in [0.5, 0.6) is 0 Å². The van der Waals surface area contributed by atoms with E-state index in [0.717, 1.165) is 0 Å². The molecule has 0 aliphatic carbocycles. The topological polar surface area (TPSA) is 57.5 Å². The van der Waals surface area contributed by atoms with Gasteiger partial charge in [0.2, 0.25) is 0 Å². The second kappa shape index (κ2) is 6.45. The van der Waals surface area contributed by atoms with Gasteiger partial charge in [-0.3, -0.25) is 4.79 Å². The van der Waals surface area contributed by atoms with Crippen LogP contribution >= 0.6 is 0 Å². The van der Waals surface area contributed by atoms with Crippen molar-refractivity contribution in [2.24, 2.45) is 0 Å². The lowest BCUT2D eigenvalue weighted by atomic mass is 10.1. The number of carbonyl (C=O) groups is 1. The fraction of sp³-hybridized carbons (Fsp3) is 0.154. The van der Waals surface area contributed by atoms with E-state index >= 15 is 0 Å². The predicted octanol–water partition coefficient (Wildman–Crippen LogP) is 3.15. The summed E-state index contributed by atoms with van der Waals surface area (Å²) < 4.78 is 0. The molecule has 0 bridgehead atoms. The summed E-state index contributed by atoms with van der Waals surface area (Å²) in [5, 5.41) is 17.7. The Balaban J connectivity index is 4.69. The first kappa shape index (κ1) is 14.0. The highest BCUT2D eigenvalue weighted by Gasteiger charge is 2.05. The van der Waals surface area contributed by atoms with Crippen molar-refractivity contribution >= 4 is 5.78 Å². The van der Waals surface area contributed by atoms with Gasteiger partial charge in [0, 0.05) is 5.57 Å². The summed E-state index contributed by atoms with van der Waals surface area (Å²) in [5.74, 6) is -0.270. The first-order valence-corrected chi connectivity index (χ1v) is 4.68. The van der Waals surface area contributed by atoms with E-state index < -0.39 is 0 Å². The van der Waals surface area contributed by atoms with Gasteiger partial charge in [0.1, 0.15) is 5.76 Å². The molecule has 16 heavy (non-hydrogen) atoms. The minimum absolute atomic E-state index is 0.122. The number of Topliss-reactive ketones (excluding diaryl/α,β-unsaturated/α-hetero) is 1. The molecule has 0 unspecified atom stereocenters. The number of aliphatic hydroxyl groups excluding tert-OH is 2. The maximum absolute atomic E-state index is 11.6. The van der Waals surface area contributed by atoms with Crippen LogP contribution in [-0.4, -0.2) is 16.0 Å². The third-order valence-electron chi connectivity index (χ3n) is 1.70. The van der Waals surface area contributed by atoms with Crippen molar-refractivity contribution in [1.29, 1.82) is 0 Å². The van der Waals surface area contributed by atoms with Gasteiger partial charge in [-0.1, -0.05) is 19.2 Å². The zero-order valence-corrected chi connectivity index (χ0v) is 9.53. The lowest BCUT2D eigenvalue weighted by molar-refractivity contribution is -0.111. The summed E-state index contributed by atoms with van der Waals surface area (Å²) in [4.78, 5) is 11.6. The minimum atomic E-state index is -0.255. The van der Waals surface area contributed by atoms with Gasteiger partial charge in [-0.15, -0.1) is 0 Å². The van der Waals surface area contributed by atoms with Crippen molar-refractivity contribution in [3.63, 3.8) is 0 Å². The molecular weight excluding hydrogens is 204 g/mol. The maximum Gasteiger partial charge on any atom is 0.188 e. The number of rotatable bonds is 5. The molecule has 0 rings (SSSR count). The van der Waals surface area contributed by atoms with Gasteiger partial charge in [-0.05, 0) is 37.6 Å². The van der Waals surface area contributed by atoms with Crippen LogP contribution in [0.15, 0.2) is 60.1 Å². The molecule has 0 aromatic heterocycles. The fourth-order valence-corrected chi connectivity index (χ4v) is 0.847. The molecule has 0 aromatic carbocycles. The molecule has 0 aliphatic rings. The average Bonchev–Trinajstić information content (AvgIpc) is 2.21. The molecule has 0 heterocycles. The van der Waals surface area contributed by atoms with Gasteiger partial charge in [-0.25, -0.2) is 0 Å². The third kappa shape index (κ3) is 5.65. The van der Waals surface area contributed by atoms with Crippen molar-refractivity contribution in [2.45, 2.75) is 13.8 Å². The van der Waals surface area contributed by atoms with E-state index in [1.165, 1.54) is 31.2 Å². The van der Waals surface area contributed by atoms with E-state index in [2.05, 4.69) is 13.2 Å². The Hall–Kier alpha value is -2.03. The Morgan fingerprint density at radius 1 is 1.06 bits per heavy atom. The van der Waals surface area contributed by atoms with Gasteiger partial charge in [0.25, 0.3) is 0 Å². The zero-order valence-electron chi connectivity index (χ0n) is 9.53. The summed E-state index contributed by atoms with van der Waals surface area (Å²) in [5.41, 5.74) is 0.694. The molecule has 0 fully saturated rings. The lowest BCUT2D eigenvalue weighted by Gasteiger charge is -1.99. The van der Waals surface area contributed by atoms with Crippen LogP contribution in [-0.2, 0) is 4.79 Å². The summed E-state index contributed by atoms with van der Waals surface area (Å²) in [6.45, 7) is 9.94. The standard InChI is InChI=1S/C13H16O3/c1-9(5-7-11(3)14)13(16)10(2)6-8-12(4)15/h5-8,14-15H,1,3H2,2,4H3/b7-5-,10-6+,12-8+. The van der Waals surface area contributed by atoms with Crippen LogP contribution in [0.2, 0.25) is 0 Å². The average molecular weight is 220 g/mol. The Morgan fingerprint density at radius 3 is 2.06 bits per heavy atom. The SMILES string of the molecule is C=C(O)/C=C\C(=C)C(=O)/C(C)=C/C=C(\C)O. The van der Waals surface area contributed by atoms with Gasteiger partial charge in [-0.2, -0.15) is 0 Å². The number of carbonyl (C=O) groups excluding carboxylic acids is 1. The molecule has 3 heteroatoms. The summed E-state index contributed by atoms with van der Waals surface area (Å²) in [7, 11) is 0. The largest absolute Gasteiger partial charge is 0.513 e. The van der Waals surface area contributed by atoms with Crippen molar-refractivity contribution < 1.29 is 15.0 Å². The quantitative estimate of drug-likeness (QED) is 0.425. The van der Waals surface area contributed by atoms with Gasteiger partial charge >= 0.3 is 0 Å². The molecule has 0 atom stereocenters. The van der Waals surface area contributed by atoms with E-state index in [1.54, 1.807) is 6.92 Å². The molecule has 0 aromatic rings. The van der Waals surface area contributed by atoms with E-state index in [9.17, 15) is 4.79 Å². The Kier molecular flexibility index (Phi) is 5.63. The minimum Gasteiger partial charge on any atom is -0.513 e. The highest BCUT2D eigenvalue weighted by molar-refractivity contribution is 6.09. The normalized spacial score (nSPS) is 12.9. The van der Waals surface area contributed by atoms with Crippen LogP contribution in [0.3, 0.4) is 0 Å². The van der Waals surface area contributed by atoms with Crippen molar-refractivity contribution in [2.75, 3.05) is 0 Å². The van der Waals surface area contributed by atoms with E-state index in [-0.39, 0.29) is 22.9 Å². The number of aliphatic hydroxyl groups is 2. The lowest BCUT2D eigenvalue weighted by Crippen LogP contribution is -2.00. The van der Waals surface area contributed by atoms with E-state index in [1.807, 2.05) is 0 Å². The molecule has 3 nitrogen and oxygen atoms in total. The first-order valence-electron chi connectivity index (χ1n) is 4.68. The summed E-state index contributed by atoms with van der Waals surface area (Å²) >= 11 is 0. The van der Waals surface area contributed by atoms with E-state index in [4.69, 9.17) is 10.2 Å². The van der Waals surface area contributed by atoms with Gasteiger partial charge in [0.15, 0.2) is 5.78 Å². The third-order valence-corrected chi connectivity index (χ3v) is 1.70. The fourth-order valence-electron chi connectivity index (χ4n) is 0.847. The van der Waals surface area contributed by atoms with Crippen molar-refractivity contribution in [3.8, 4) is 0 Å². The molecule has 2 N–H and O–H groups in total. The van der Waals surface area contributed by atoms with Crippen LogP contribution in [0, 0.1) is 0 Å². The molecule has 0 amide bonds. The molecular formula is C13H16O3. The Labute approximate surface area is 95.4 Å². The number of hydrogen-bond donors (Lipinski definition) is 2. The molecule has 0 saturated carbocycles. The predicted molar refractivity (Wildman–Crippen MR) is 65.2 cm³/mol. The Bertz CT molecular complexity index is 391. The second-order valence-electron chi connectivity index (χ2n) is 3.34. The zero-order chi connectivity index (χ0) is 12.7. The van der Waals surface area contributed by atoms with E-state index in [0.29, 0.717) is 5.57 Å². The van der Waals surface area contributed by atoms with Crippen LogP contribution < -0.4 is 0 Å². The molecule has 0 aliphatic heterocycles. The highest BCUT2D eigenvalue weighted by Crippen LogP contribution is 2.07. The maximum atomic E-state index is 11.6. The van der Waals surface area contributed by atoms with Gasteiger partial charge in [0.05, 0.1) is 5.76 Å². The summed E-state index contributed by atoms with van der Waals surface area (Å²) in [6.07, 6.45) is 5.61. The summed E-state index contributed by atoms with van der Waals surface area (Å²) in [6, 6.07) is 0. The first-order chi connectivity index (χ1) is 7.34. The van der Waals surface area contributed by atoms with Crippen molar-refractivity contribution in [3.05, 3.63) is 60.1 Å². The smallest absolute Gasteiger partial charge is 0.188 e. The van der Waals surface area contributed by atoms with Crippen LogP contribution in [0.1, 0.15) is 13.8 Å². The van der Waals surface area contributed by atoms with Crippen molar-refractivity contribution in [1.82, 2.24) is 0 Å². The van der Waals surface area contributed by atoms with Crippen LogP contribution in [0.4, 0.5) is 0 Å². The van der Waals surface area contributed by atoms with Crippen LogP contribution in [0.25, 0.3) is 0 Å². The second-order valence-corrected chi connectivity index (χ2v) is 3.34. The van der Waals surface area contributed by atoms with Gasteiger partial charge < -0.3 is 10.2 Å². The number of ketones is 1. The Morgan fingerprint density at radius 2 is 1.62 bits per heavy atom. The molecule has 0 saturated heterocycles.